The average molecular weight is 314 g/mol. The predicted octanol–water partition coefficient (Wildman–Crippen LogP) is 5.11. The summed E-state index contributed by atoms with van der Waals surface area (Å²) in [5, 5.41) is 5.98. The summed E-state index contributed by atoms with van der Waals surface area (Å²) < 4.78 is 0. The third-order valence-corrected chi connectivity index (χ3v) is 5.17. The van der Waals surface area contributed by atoms with Gasteiger partial charge in [0.1, 0.15) is 5.01 Å². The van der Waals surface area contributed by atoms with Crippen molar-refractivity contribution in [3.63, 3.8) is 0 Å². The van der Waals surface area contributed by atoms with Gasteiger partial charge in [-0.25, -0.2) is 4.98 Å². The van der Waals surface area contributed by atoms with Crippen LogP contribution in [0.1, 0.15) is 44.9 Å². The molecule has 4 heteroatoms. The molecule has 1 aromatic carbocycles. The molecule has 1 aliphatic carbocycles. The fraction of sp³-hybridized carbons (Fsp3) is 0.444. The Labute approximate surface area is 135 Å². The zero-order valence-electron chi connectivity index (χ0n) is 12.8. The highest BCUT2D eigenvalue weighted by atomic mass is 32.1. The highest BCUT2D eigenvalue weighted by Crippen LogP contribution is 2.27. The van der Waals surface area contributed by atoms with Crippen molar-refractivity contribution in [3.05, 3.63) is 35.8 Å². The number of nitrogens with zero attached hydrogens (tertiary/aromatic N) is 1. The number of anilines is 1. The van der Waals surface area contributed by atoms with Crippen LogP contribution in [0.4, 0.5) is 5.69 Å². The van der Waals surface area contributed by atoms with Gasteiger partial charge < -0.3 is 5.32 Å². The summed E-state index contributed by atoms with van der Waals surface area (Å²) in [6, 6.07) is 7.93. The number of carbonyl (C=O) groups is 1. The molecule has 1 aliphatic rings. The molecule has 1 fully saturated rings. The fourth-order valence-electron chi connectivity index (χ4n) is 3.10. The lowest BCUT2D eigenvalue weighted by Crippen LogP contribution is -2.14. The van der Waals surface area contributed by atoms with Crippen LogP contribution >= 0.6 is 11.3 Å². The number of nitrogens with one attached hydrogen (secondary N) is 1. The molecule has 0 bridgehead atoms. The van der Waals surface area contributed by atoms with Gasteiger partial charge >= 0.3 is 0 Å². The van der Waals surface area contributed by atoms with Crippen molar-refractivity contribution in [2.24, 2.45) is 5.92 Å². The molecule has 1 heterocycles. The zero-order chi connectivity index (χ0) is 15.2. The van der Waals surface area contributed by atoms with E-state index >= 15 is 0 Å². The van der Waals surface area contributed by atoms with Gasteiger partial charge in [-0.2, -0.15) is 0 Å². The van der Waals surface area contributed by atoms with Crippen LogP contribution in [0, 0.1) is 5.92 Å². The summed E-state index contributed by atoms with van der Waals surface area (Å²) in [7, 11) is 0. The Morgan fingerprint density at radius 3 is 2.64 bits per heavy atom. The summed E-state index contributed by atoms with van der Waals surface area (Å²) in [6.45, 7) is 0. The fourth-order valence-corrected chi connectivity index (χ4v) is 3.74. The molecule has 1 saturated carbocycles. The van der Waals surface area contributed by atoms with Gasteiger partial charge in [-0.1, -0.05) is 32.1 Å². The molecule has 1 aromatic heterocycles. The van der Waals surface area contributed by atoms with Gasteiger partial charge in [0.15, 0.2) is 0 Å². The first-order valence-electron chi connectivity index (χ1n) is 8.11. The number of hydrogen-bond donors (Lipinski definition) is 1. The van der Waals surface area contributed by atoms with Gasteiger partial charge in [-0.3, -0.25) is 4.79 Å². The number of hydrogen-bond acceptors (Lipinski definition) is 3. The van der Waals surface area contributed by atoms with Gasteiger partial charge in [0, 0.05) is 29.2 Å². The quantitative estimate of drug-likeness (QED) is 0.833. The number of aromatic nitrogens is 1. The normalized spacial score (nSPS) is 15.6. The first-order chi connectivity index (χ1) is 10.8. The lowest BCUT2D eigenvalue weighted by molar-refractivity contribution is -0.116. The Morgan fingerprint density at radius 1 is 1.18 bits per heavy atom. The van der Waals surface area contributed by atoms with E-state index in [4.69, 9.17) is 0 Å². The van der Waals surface area contributed by atoms with Crippen molar-refractivity contribution in [2.45, 2.75) is 44.9 Å². The molecular formula is C18H22N2OS. The summed E-state index contributed by atoms with van der Waals surface area (Å²) in [5.74, 6) is 0.888. The minimum absolute atomic E-state index is 0.132. The van der Waals surface area contributed by atoms with Crippen LogP contribution < -0.4 is 5.32 Å². The molecule has 1 N–H and O–H groups in total. The van der Waals surface area contributed by atoms with Crippen molar-refractivity contribution in [2.75, 3.05) is 5.32 Å². The van der Waals surface area contributed by atoms with E-state index in [-0.39, 0.29) is 5.91 Å². The number of amides is 1. The Kier molecular flexibility index (Phi) is 5.22. The second-order valence-electron chi connectivity index (χ2n) is 6.01. The van der Waals surface area contributed by atoms with E-state index in [0.29, 0.717) is 6.42 Å². The van der Waals surface area contributed by atoms with Crippen LogP contribution in [-0.2, 0) is 4.79 Å². The maximum Gasteiger partial charge on any atom is 0.224 e. The molecule has 3 nitrogen and oxygen atoms in total. The predicted molar refractivity (Wildman–Crippen MR) is 92.0 cm³/mol. The van der Waals surface area contributed by atoms with E-state index in [1.165, 1.54) is 32.1 Å². The van der Waals surface area contributed by atoms with Gasteiger partial charge in [-0.05, 0) is 36.6 Å². The van der Waals surface area contributed by atoms with Crippen molar-refractivity contribution in [1.29, 1.82) is 0 Å². The maximum absolute atomic E-state index is 12.0. The van der Waals surface area contributed by atoms with Gasteiger partial charge in [-0.15, -0.1) is 11.3 Å². The summed E-state index contributed by atoms with van der Waals surface area (Å²) in [4.78, 5) is 16.3. The largest absolute Gasteiger partial charge is 0.326 e. The molecule has 0 aliphatic heterocycles. The smallest absolute Gasteiger partial charge is 0.224 e. The van der Waals surface area contributed by atoms with Crippen LogP contribution in [0.15, 0.2) is 35.8 Å². The van der Waals surface area contributed by atoms with Crippen LogP contribution in [0.25, 0.3) is 10.6 Å². The molecule has 2 aromatic rings. The lowest BCUT2D eigenvalue weighted by Gasteiger charge is -2.21. The number of thiazole rings is 1. The van der Waals surface area contributed by atoms with Crippen LogP contribution in [0.3, 0.4) is 0 Å². The number of carbonyl (C=O) groups excluding carboxylic acids is 1. The van der Waals surface area contributed by atoms with Gasteiger partial charge in [0.2, 0.25) is 5.91 Å². The highest BCUT2D eigenvalue weighted by Gasteiger charge is 2.14. The maximum atomic E-state index is 12.0. The van der Waals surface area contributed by atoms with E-state index in [1.807, 2.05) is 29.6 Å². The first kappa shape index (κ1) is 15.2. The van der Waals surface area contributed by atoms with E-state index in [9.17, 15) is 4.79 Å². The Hall–Kier alpha value is -1.68. The minimum Gasteiger partial charge on any atom is -0.326 e. The zero-order valence-corrected chi connectivity index (χ0v) is 13.6. The van der Waals surface area contributed by atoms with E-state index in [0.717, 1.165) is 28.6 Å². The first-order valence-corrected chi connectivity index (χ1v) is 8.99. The molecule has 22 heavy (non-hydrogen) atoms. The molecule has 116 valence electrons. The van der Waals surface area contributed by atoms with Gasteiger partial charge in [0.05, 0.1) is 0 Å². The molecule has 0 radical (unpaired) electrons. The lowest BCUT2D eigenvalue weighted by atomic mass is 9.86. The summed E-state index contributed by atoms with van der Waals surface area (Å²) >= 11 is 1.62. The van der Waals surface area contributed by atoms with Crippen LogP contribution in [-0.4, -0.2) is 10.9 Å². The Morgan fingerprint density at radius 2 is 1.95 bits per heavy atom. The average Bonchev–Trinajstić information content (AvgIpc) is 3.09. The topological polar surface area (TPSA) is 42.0 Å². The third kappa shape index (κ3) is 4.17. The van der Waals surface area contributed by atoms with Gasteiger partial charge in [0.25, 0.3) is 0 Å². The summed E-state index contributed by atoms with van der Waals surface area (Å²) in [5.41, 5.74) is 1.96. The van der Waals surface area contributed by atoms with E-state index < -0.39 is 0 Å². The highest BCUT2D eigenvalue weighted by molar-refractivity contribution is 7.13. The molecular weight excluding hydrogens is 292 g/mol. The van der Waals surface area contributed by atoms with Crippen molar-refractivity contribution in [1.82, 2.24) is 4.98 Å². The van der Waals surface area contributed by atoms with Crippen molar-refractivity contribution >= 4 is 22.9 Å². The molecule has 0 saturated heterocycles. The Bertz CT molecular complexity index is 586. The standard InChI is InChI=1S/C18H22N2OS/c21-17(11-6-14-4-2-1-3-5-14)20-16-9-7-15(8-10-16)18-19-12-13-22-18/h7-10,12-14H,1-6,11H2,(H,20,21). The van der Waals surface area contributed by atoms with Crippen LogP contribution in [0.5, 0.6) is 0 Å². The monoisotopic (exact) mass is 314 g/mol. The van der Waals surface area contributed by atoms with Crippen molar-refractivity contribution in [3.8, 4) is 10.6 Å². The van der Waals surface area contributed by atoms with Crippen molar-refractivity contribution < 1.29 is 4.79 Å². The summed E-state index contributed by atoms with van der Waals surface area (Å²) in [6.07, 6.45) is 10.1. The number of benzene rings is 1. The second-order valence-corrected chi connectivity index (χ2v) is 6.90. The van der Waals surface area contributed by atoms with E-state index in [1.54, 1.807) is 17.5 Å². The molecule has 0 atom stereocenters. The molecule has 0 unspecified atom stereocenters. The molecule has 0 spiro atoms. The van der Waals surface area contributed by atoms with E-state index in [2.05, 4.69) is 10.3 Å². The molecule has 1 amide bonds. The molecule has 3 rings (SSSR count). The second kappa shape index (κ2) is 7.54. The minimum atomic E-state index is 0.132. The SMILES string of the molecule is O=C(CCC1CCCCC1)Nc1ccc(-c2nccs2)cc1. The Balaban J connectivity index is 1.48. The third-order valence-electron chi connectivity index (χ3n) is 4.35. The number of rotatable bonds is 5. The van der Waals surface area contributed by atoms with Crippen LogP contribution in [0.2, 0.25) is 0 Å².